The lowest BCUT2D eigenvalue weighted by molar-refractivity contribution is -0.139. The highest BCUT2D eigenvalue weighted by Crippen LogP contribution is 2.16. The molecule has 0 spiro atoms. The molecule has 0 aliphatic heterocycles. The molecule has 0 heterocycles. The van der Waals surface area contributed by atoms with Crippen LogP contribution in [0.4, 0.5) is 9.59 Å². The lowest BCUT2D eigenvalue weighted by atomic mass is 10.1. The molecule has 27 heavy (non-hydrogen) atoms. The number of amides is 1. The van der Waals surface area contributed by atoms with Gasteiger partial charge >= 0.3 is 18.2 Å². The fourth-order valence-electron chi connectivity index (χ4n) is 1.99. The summed E-state index contributed by atoms with van der Waals surface area (Å²) in [6, 6.07) is 5.14. The molecule has 1 unspecified atom stereocenters. The van der Waals surface area contributed by atoms with Gasteiger partial charge in [0.2, 0.25) is 0 Å². The van der Waals surface area contributed by atoms with E-state index >= 15 is 0 Å². The zero-order valence-electron chi connectivity index (χ0n) is 16.1. The maximum absolute atomic E-state index is 11.6. The summed E-state index contributed by atoms with van der Waals surface area (Å²) in [4.78, 5) is 34.6. The van der Waals surface area contributed by atoms with Gasteiger partial charge in [0.25, 0.3) is 0 Å². The molecule has 0 aromatic heterocycles. The summed E-state index contributed by atoms with van der Waals surface area (Å²) >= 11 is 0. The number of carboxylic acid groups (broad SMARTS) is 1. The summed E-state index contributed by atoms with van der Waals surface area (Å²) in [5, 5.41) is 11.6. The highest BCUT2D eigenvalue weighted by atomic mass is 16.7. The molecule has 8 nitrogen and oxygen atoms in total. The van der Waals surface area contributed by atoms with Gasteiger partial charge in [0.15, 0.2) is 0 Å². The molecular weight excluding hydrogens is 354 g/mol. The van der Waals surface area contributed by atoms with Crippen molar-refractivity contribution in [2.24, 2.45) is 0 Å². The zero-order chi connectivity index (χ0) is 20.4. The number of carbonyl (C=O) groups is 3. The maximum atomic E-state index is 11.6. The van der Waals surface area contributed by atoms with Crippen molar-refractivity contribution in [1.29, 1.82) is 0 Å². The van der Waals surface area contributed by atoms with Crippen LogP contribution in [-0.4, -0.2) is 41.6 Å². The Hall–Kier alpha value is -2.77. The minimum Gasteiger partial charge on any atom is -0.480 e. The van der Waals surface area contributed by atoms with Crippen LogP contribution in [0.2, 0.25) is 0 Å². The minimum absolute atomic E-state index is 0.0604. The summed E-state index contributed by atoms with van der Waals surface area (Å²) < 4.78 is 15.0. The smallest absolute Gasteiger partial charge is 0.480 e. The molecule has 0 saturated carbocycles. The molecule has 1 amide bonds. The quantitative estimate of drug-likeness (QED) is 0.402. The summed E-state index contributed by atoms with van der Waals surface area (Å²) in [5.41, 5.74) is -0.0174. The Morgan fingerprint density at radius 1 is 1.15 bits per heavy atom. The molecule has 2 N–H and O–H groups in total. The molecule has 0 bridgehead atoms. The molecule has 1 aromatic carbocycles. The fraction of sp³-hybridized carbons (Fsp3) is 0.526. The van der Waals surface area contributed by atoms with Gasteiger partial charge < -0.3 is 24.6 Å². The molecular formula is C19H27NO7. The third-order valence-electron chi connectivity index (χ3n) is 3.28. The Morgan fingerprint density at radius 2 is 1.78 bits per heavy atom. The van der Waals surface area contributed by atoms with Crippen molar-refractivity contribution in [3.63, 3.8) is 0 Å². The van der Waals surface area contributed by atoms with Crippen LogP contribution in [0.3, 0.4) is 0 Å². The number of ether oxygens (including phenoxy) is 3. The van der Waals surface area contributed by atoms with Crippen molar-refractivity contribution >= 4 is 18.2 Å². The predicted molar refractivity (Wildman–Crippen MR) is 97.8 cm³/mol. The maximum Gasteiger partial charge on any atom is 0.514 e. The first-order valence-electron chi connectivity index (χ1n) is 8.76. The third kappa shape index (κ3) is 9.48. The van der Waals surface area contributed by atoms with E-state index in [9.17, 15) is 19.5 Å². The van der Waals surface area contributed by atoms with Crippen molar-refractivity contribution in [2.45, 2.75) is 58.6 Å². The Labute approximate surface area is 158 Å². The topological polar surface area (TPSA) is 111 Å². The normalized spacial score (nSPS) is 12.0. The number of benzene rings is 1. The lowest BCUT2D eigenvalue weighted by Crippen LogP contribution is -2.42. The molecule has 0 radical (unpaired) electrons. The Kier molecular flexibility index (Phi) is 8.58. The molecule has 1 aromatic rings. The molecule has 1 atom stereocenters. The molecule has 0 fully saturated rings. The fourth-order valence-corrected chi connectivity index (χ4v) is 1.99. The van der Waals surface area contributed by atoms with Crippen molar-refractivity contribution < 1.29 is 33.7 Å². The second-order valence-corrected chi connectivity index (χ2v) is 6.94. The van der Waals surface area contributed by atoms with E-state index < -0.39 is 29.9 Å². The van der Waals surface area contributed by atoms with Crippen molar-refractivity contribution in [3.8, 4) is 5.75 Å². The molecule has 0 saturated heterocycles. The molecule has 0 aliphatic carbocycles. The largest absolute Gasteiger partial charge is 0.514 e. The van der Waals surface area contributed by atoms with Crippen LogP contribution in [-0.2, 0) is 20.7 Å². The zero-order valence-corrected chi connectivity index (χ0v) is 16.1. The van der Waals surface area contributed by atoms with Gasteiger partial charge in [0, 0.05) is 6.42 Å². The average Bonchev–Trinajstić information content (AvgIpc) is 2.54. The highest BCUT2D eigenvalue weighted by Gasteiger charge is 2.22. The summed E-state index contributed by atoms with van der Waals surface area (Å²) in [7, 11) is 0. The van der Waals surface area contributed by atoms with E-state index in [1.54, 1.807) is 32.9 Å². The van der Waals surface area contributed by atoms with E-state index in [0.717, 1.165) is 6.42 Å². The number of carboxylic acids is 1. The standard InChI is InChI=1S/C19H27NO7/c1-5-6-11-25-17(23)20-15(16(21)22)12-13-7-9-14(10-8-13)26-18(24)27-19(2,3)4/h7-10,15H,5-6,11-12H2,1-4H3,(H,20,23)(H,21,22). The Bertz CT molecular complexity index is 634. The first-order valence-corrected chi connectivity index (χ1v) is 8.76. The first kappa shape index (κ1) is 22.3. The van der Waals surface area contributed by atoms with E-state index in [1.807, 2.05) is 6.92 Å². The van der Waals surface area contributed by atoms with Gasteiger partial charge in [-0.1, -0.05) is 25.5 Å². The SMILES string of the molecule is CCCCOC(=O)NC(Cc1ccc(OC(=O)OC(C)(C)C)cc1)C(=O)O. The predicted octanol–water partition coefficient (Wildman–Crippen LogP) is 3.52. The van der Waals surface area contributed by atoms with Gasteiger partial charge in [-0.25, -0.2) is 14.4 Å². The lowest BCUT2D eigenvalue weighted by Gasteiger charge is -2.18. The van der Waals surface area contributed by atoms with E-state index in [1.165, 1.54) is 12.1 Å². The van der Waals surface area contributed by atoms with Gasteiger partial charge in [-0.3, -0.25) is 0 Å². The summed E-state index contributed by atoms with van der Waals surface area (Å²) in [6.07, 6.45) is 0.0543. The van der Waals surface area contributed by atoms with Crippen LogP contribution >= 0.6 is 0 Å². The number of alkyl carbamates (subject to hydrolysis) is 1. The van der Waals surface area contributed by atoms with Gasteiger partial charge in [-0.05, 0) is 44.9 Å². The third-order valence-corrected chi connectivity index (χ3v) is 3.28. The number of aliphatic carboxylic acids is 1. The second kappa shape index (κ2) is 10.4. The van der Waals surface area contributed by atoms with Crippen molar-refractivity contribution in [1.82, 2.24) is 5.32 Å². The molecule has 150 valence electrons. The number of hydrogen-bond donors (Lipinski definition) is 2. The van der Waals surface area contributed by atoms with Crippen molar-refractivity contribution in [2.75, 3.05) is 6.61 Å². The van der Waals surface area contributed by atoms with Crippen LogP contribution in [0.5, 0.6) is 5.75 Å². The van der Waals surface area contributed by atoms with Gasteiger partial charge in [-0.15, -0.1) is 0 Å². The van der Waals surface area contributed by atoms with Crippen molar-refractivity contribution in [3.05, 3.63) is 29.8 Å². The van der Waals surface area contributed by atoms with Gasteiger partial charge in [0.1, 0.15) is 17.4 Å². The number of unbranched alkanes of at least 4 members (excludes halogenated alkanes) is 1. The Morgan fingerprint density at radius 3 is 2.30 bits per heavy atom. The van der Waals surface area contributed by atoms with Crippen LogP contribution in [0, 0.1) is 0 Å². The highest BCUT2D eigenvalue weighted by molar-refractivity contribution is 5.80. The first-order chi connectivity index (χ1) is 12.6. The molecule has 8 heteroatoms. The van der Waals surface area contributed by atoms with Crippen LogP contribution in [0.25, 0.3) is 0 Å². The van der Waals surface area contributed by atoms with Gasteiger partial charge in [-0.2, -0.15) is 0 Å². The van der Waals surface area contributed by atoms with Crippen LogP contribution in [0.15, 0.2) is 24.3 Å². The minimum atomic E-state index is -1.17. The number of nitrogens with one attached hydrogen (secondary N) is 1. The van der Waals surface area contributed by atoms with Gasteiger partial charge in [0.05, 0.1) is 6.61 Å². The Balaban J connectivity index is 2.61. The van der Waals surface area contributed by atoms with E-state index in [2.05, 4.69) is 5.32 Å². The monoisotopic (exact) mass is 381 g/mol. The number of rotatable bonds is 8. The van der Waals surface area contributed by atoms with E-state index in [0.29, 0.717) is 12.0 Å². The van der Waals surface area contributed by atoms with E-state index in [-0.39, 0.29) is 18.8 Å². The van der Waals surface area contributed by atoms with Crippen LogP contribution < -0.4 is 10.1 Å². The number of carbonyl (C=O) groups excluding carboxylic acids is 2. The molecule has 1 rings (SSSR count). The second-order valence-electron chi connectivity index (χ2n) is 6.94. The summed E-state index contributed by atoms with van der Waals surface area (Å²) in [5.74, 6) is -0.900. The average molecular weight is 381 g/mol. The van der Waals surface area contributed by atoms with Crippen LogP contribution in [0.1, 0.15) is 46.1 Å². The summed E-state index contributed by atoms with van der Waals surface area (Å²) in [6.45, 7) is 7.37. The van der Waals surface area contributed by atoms with E-state index in [4.69, 9.17) is 14.2 Å². The molecule has 0 aliphatic rings. The number of hydrogen-bond acceptors (Lipinski definition) is 6.